The third-order valence-corrected chi connectivity index (χ3v) is 9.28. The molecule has 4 atom stereocenters. The van der Waals surface area contributed by atoms with E-state index in [0.29, 0.717) is 40.4 Å². The fourth-order valence-corrected chi connectivity index (χ4v) is 7.44. The maximum Gasteiger partial charge on any atom is 0.250 e. The molecule has 44 heavy (non-hydrogen) atoms. The van der Waals surface area contributed by atoms with Crippen LogP contribution >= 0.6 is 11.6 Å². The Morgan fingerprint density at radius 2 is 1.75 bits per heavy atom. The second kappa shape index (κ2) is 11.6. The molecule has 10 heteroatoms. The number of carbonyl (C=O) groups excluding carboxylic acids is 2. The van der Waals surface area contributed by atoms with Gasteiger partial charge in [0.1, 0.15) is 11.3 Å². The van der Waals surface area contributed by atoms with Crippen molar-refractivity contribution in [2.45, 2.75) is 36.8 Å². The number of nitrogens with zero attached hydrogens (tertiary/aromatic N) is 1. The topological polar surface area (TPSA) is 129 Å². The van der Waals surface area contributed by atoms with E-state index in [1.54, 1.807) is 48.5 Å². The number of ketones is 1. The predicted molar refractivity (Wildman–Crippen MR) is 166 cm³/mol. The molecule has 4 N–H and O–H groups in total. The van der Waals surface area contributed by atoms with E-state index in [1.165, 1.54) is 38.5 Å². The summed E-state index contributed by atoms with van der Waals surface area (Å²) >= 11 is 6.50. The summed E-state index contributed by atoms with van der Waals surface area (Å²) in [4.78, 5) is 30.7. The summed E-state index contributed by atoms with van der Waals surface area (Å²) in [6.45, 7) is 0.595. The van der Waals surface area contributed by atoms with Gasteiger partial charge in [0.25, 0.3) is 0 Å². The zero-order chi connectivity index (χ0) is 31.2. The van der Waals surface area contributed by atoms with Gasteiger partial charge in [0.15, 0.2) is 28.8 Å². The van der Waals surface area contributed by atoms with Gasteiger partial charge in [-0.25, -0.2) is 0 Å². The fraction of sp³-hybridized carbons (Fsp3) is 0.294. The number of hydrogen-bond acceptors (Lipinski definition) is 8. The number of aliphatic hydroxyl groups excluding tert-OH is 1. The van der Waals surface area contributed by atoms with Crippen LogP contribution in [0.2, 0.25) is 5.02 Å². The van der Waals surface area contributed by atoms with Crippen LogP contribution in [-0.4, -0.2) is 58.7 Å². The van der Waals surface area contributed by atoms with Gasteiger partial charge >= 0.3 is 0 Å². The first-order valence-corrected chi connectivity index (χ1v) is 14.8. The molecule has 1 amide bonds. The molecular weight excluding hydrogens is 584 g/mol. The average Bonchev–Trinajstić information content (AvgIpc) is 3.49. The van der Waals surface area contributed by atoms with Gasteiger partial charge in [-0.3, -0.25) is 14.5 Å². The van der Waals surface area contributed by atoms with Crippen LogP contribution in [0.4, 0.5) is 5.69 Å². The quantitative estimate of drug-likeness (QED) is 0.147. The van der Waals surface area contributed by atoms with Gasteiger partial charge in [-0.15, -0.1) is 0 Å². The number of rotatable bonds is 7. The molecule has 3 heterocycles. The molecule has 4 unspecified atom stereocenters. The molecule has 1 spiro atoms. The van der Waals surface area contributed by atoms with E-state index in [9.17, 15) is 24.9 Å². The van der Waals surface area contributed by atoms with Gasteiger partial charge in [-0.1, -0.05) is 36.2 Å². The van der Waals surface area contributed by atoms with E-state index >= 15 is 0 Å². The average molecular weight is 617 g/mol. The Kier molecular flexibility index (Phi) is 7.77. The van der Waals surface area contributed by atoms with Crippen LogP contribution in [0, 0.1) is 5.92 Å². The van der Waals surface area contributed by atoms with Gasteiger partial charge in [-0.05, 0) is 79.1 Å². The highest BCUT2D eigenvalue weighted by Crippen LogP contribution is 2.61. The van der Waals surface area contributed by atoms with E-state index in [0.717, 1.165) is 12.8 Å². The van der Waals surface area contributed by atoms with Crippen molar-refractivity contribution in [3.8, 4) is 23.0 Å². The number of halogens is 1. The number of methoxy groups -OCH3 is 2. The first kappa shape index (κ1) is 29.6. The highest BCUT2D eigenvalue weighted by molar-refractivity contribution is 6.31. The largest absolute Gasteiger partial charge is 0.508 e. The van der Waals surface area contributed by atoms with Gasteiger partial charge in [-0.2, -0.15) is 0 Å². The number of phenolic OH excluding ortho intramolecular Hbond substituents is 2. The molecule has 3 aromatic carbocycles. The molecule has 0 saturated carbocycles. The molecule has 2 saturated heterocycles. The van der Waals surface area contributed by atoms with Crippen molar-refractivity contribution in [2.24, 2.45) is 5.92 Å². The first-order chi connectivity index (χ1) is 21.2. The highest BCUT2D eigenvalue weighted by Gasteiger charge is 2.68. The van der Waals surface area contributed by atoms with Crippen LogP contribution in [0.5, 0.6) is 23.0 Å². The molecule has 9 nitrogen and oxygen atoms in total. The standard InChI is InChI=1S/C34H33ClN2O7/c1-43-29-15-19(7-12-26(29)39)6-10-22(38)18-28(41)31-25-5-3-4-14-37(25)34(23-17-21(35)9-11-24(23)36-33(34)42)32(31)20-8-13-27(40)30(16-20)44-2/h6-13,15-18,25,31-32,38-40H,3-5,14H2,1-2H3,(H,36,42)/b10-6+,22-18-. The lowest BCUT2D eigenvalue weighted by Crippen LogP contribution is -2.53. The van der Waals surface area contributed by atoms with E-state index in [-0.39, 0.29) is 46.5 Å². The van der Waals surface area contributed by atoms with Crippen LogP contribution in [0.1, 0.15) is 41.9 Å². The normalized spacial score (nSPS) is 24.8. The number of hydrogen-bond donors (Lipinski definition) is 4. The summed E-state index contributed by atoms with van der Waals surface area (Å²) in [6, 6.07) is 14.6. The predicted octanol–water partition coefficient (Wildman–Crippen LogP) is 5.91. The van der Waals surface area contributed by atoms with Crippen molar-refractivity contribution >= 4 is 35.1 Å². The van der Waals surface area contributed by atoms with E-state index in [1.807, 2.05) is 0 Å². The molecular formula is C34H33ClN2O7. The van der Waals surface area contributed by atoms with Crippen LogP contribution in [0.3, 0.4) is 0 Å². The molecule has 228 valence electrons. The molecule has 3 aliphatic heterocycles. The number of allylic oxidation sites excluding steroid dienone is 2. The molecule has 0 radical (unpaired) electrons. The summed E-state index contributed by atoms with van der Waals surface area (Å²) in [7, 11) is 2.89. The van der Waals surface area contributed by atoms with Crippen molar-refractivity contribution < 1.29 is 34.4 Å². The Morgan fingerprint density at radius 1 is 1.02 bits per heavy atom. The number of piperidine rings is 1. The minimum absolute atomic E-state index is 0.0116. The van der Waals surface area contributed by atoms with Crippen LogP contribution in [0.25, 0.3) is 6.08 Å². The van der Waals surface area contributed by atoms with E-state index in [4.69, 9.17) is 21.1 Å². The van der Waals surface area contributed by atoms with Crippen molar-refractivity contribution in [1.82, 2.24) is 4.90 Å². The SMILES string of the molecule is COc1cc(/C=C/C(O)=C/C(=O)C2C3CCCCN3C3(C(=O)Nc4ccc(Cl)cc43)C2c2ccc(O)c(OC)c2)ccc1O. The fourth-order valence-electron chi connectivity index (χ4n) is 7.26. The summed E-state index contributed by atoms with van der Waals surface area (Å²) < 4.78 is 10.6. The minimum Gasteiger partial charge on any atom is -0.508 e. The maximum absolute atomic E-state index is 14.3. The number of aromatic hydroxyl groups is 2. The maximum atomic E-state index is 14.3. The molecule has 3 aromatic rings. The van der Waals surface area contributed by atoms with Crippen LogP contribution in [-0.2, 0) is 15.1 Å². The van der Waals surface area contributed by atoms with Crippen molar-refractivity contribution in [1.29, 1.82) is 0 Å². The molecule has 0 bridgehead atoms. The Hall–Kier alpha value is -4.47. The number of amides is 1. The van der Waals surface area contributed by atoms with Gasteiger partial charge in [0.05, 0.1) is 14.2 Å². The van der Waals surface area contributed by atoms with E-state index in [2.05, 4.69) is 10.2 Å². The van der Waals surface area contributed by atoms with Gasteiger partial charge in [0.2, 0.25) is 5.91 Å². The van der Waals surface area contributed by atoms with Crippen LogP contribution < -0.4 is 14.8 Å². The number of anilines is 1. The molecule has 6 rings (SSSR count). The molecule has 3 aliphatic rings. The van der Waals surface area contributed by atoms with Gasteiger partial charge < -0.3 is 30.1 Å². The smallest absolute Gasteiger partial charge is 0.250 e. The Bertz CT molecular complexity index is 1700. The van der Waals surface area contributed by atoms with Crippen molar-refractivity contribution in [2.75, 3.05) is 26.1 Å². The molecule has 2 fully saturated rings. The second-order valence-corrected chi connectivity index (χ2v) is 11.8. The summed E-state index contributed by atoms with van der Waals surface area (Å²) in [5, 5.41) is 34.7. The Balaban J connectivity index is 1.48. The summed E-state index contributed by atoms with van der Waals surface area (Å²) in [6.07, 6.45) is 6.65. The number of phenols is 2. The number of nitrogens with one attached hydrogen (secondary N) is 1. The summed E-state index contributed by atoms with van der Waals surface area (Å²) in [5.74, 6) is -1.81. The Morgan fingerprint density at radius 3 is 2.50 bits per heavy atom. The monoisotopic (exact) mass is 616 g/mol. The second-order valence-electron chi connectivity index (χ2n) is 11.3. The molecule has 0 aromatic heterocycles. The number of benzene rings is 3. The number of fused-ring (bicyclic) bond motifs is 4. The summed E-state index contributed by atoms with van der Waals surface area (Å²) in [5.41, 5.74) is 1.38. The number of ether oxygens (including phenoxy) is 2. The number of carbonyl (C=O) groups is 2. The zero-order valence-electron chi connectivity index (χ0n) is 24.3. The molecule has 0 aliphatic carbocycles. The lowest BCUT2D eigenvalue weighted by molar-refractivity contribution is -0.128. The third-order valence-electron chi connectivity index (χ3n) is 9.04. The third kappa shape index (κ3) is 4.76. The zero-order valence-corrected chi connectivity index (χ0v) is 25.0. The van der Waals surface area contributed by atoms with E-state index < -0.39 is 17.4 Å². The lowest BCUT2D eigenvalue weighted by atomic mass is 9.70. The van der Waals surface area contributed by atoms with Crippen molar-refractivity contribution in [3.63, 3.8) is 0 Å². The minimum atomic E-state index is -1.25. The number of aliphatic hydroxyl groups is 1. The van der Waals surface area contributed by atoms with Crippen LogP contribution in [0.15, 0.2) is 72.5 Å². The first-order valence-electron chi connectivity index (χ1n) is 14.4. The highest BCUT2D eigenvalue weighted by atomic mass is 35.5. The lowest BCUT2D eigenvalue weighted by Gasteiger charge is -2.41. The van der Waals surface area contributed by atoms with Crippen molar-refractivity contribution in [3.05, 3.63) is 94.2 Å². The Labute approximate surface area is 260 Å². The van der Waals surface area contributed by atoms with Gasteiger partial charge in [0, 0.05) is 40.2 Å².